The number of amides is 2. The SMILES string of the molecule is COCC(C)NC(=O)C(=O)Nc1c2c(nn1-c1cccc(Cl)c1)CSC2. The fourth-order valence-corrected chi connectivity index (χ4v) is 3.90. The zero-order chi connectivity index (χ0) is 18.7. The Balaban J connectivity index is 1.85. The van der Waals surface area contributed by atoms with Crippen molar-refractivity contribution in [2.45, 2.75) is 24.5 Å². The first-order valence-electron chi connectivity index (χ1n) is 8.05. The van der Waals surface area contributed by atoms with Crippen LogP contribution in [-0.2, 0) is 25.8 Å². The number of methoxy groups -OCH3 is 1. The Kier molecular flexibility index (Phi) is 5.85. The first-order valence-corrected chi connectivity index (χ1v) is 9.58. The number of thioether (sulfide) groups is 1. The summed E-state index contributed by atoms with van der Waals surface area (Å²) in [6.45, 7) is 2.09. The third-order valence-corrected chi connectivity index (χ3v) is 5.04. The molecule has 1 atom stereocenters. The molecule has 0 radical (unpaired) electrons. The standard InChI is InChI=1S/C17H19ClN4O3S/c1-10(7-25-2)19-16(23)17(24)20-15-13-8-26-9-14(13)21-22(15)12-5-3-4-11(18)6-12/h3-6,10H,7-9H2,1-2H3,(H,19,23)(H,20,24). The molecule has 7 nitrogen and oxygen atoms in total. The average Bonchev–Trinajstić information content (AvgIpc) is 3.17. The average molecular weight is 395 g/mol. The van der Waals surface area contributed by atoms with E-state index in [-0.39, 0.29) is 6.04 Å². The molecule has 1 aliphatic rings. The van der Waals surface area contributed by atoms with Crippen LogP contribution < -0.4 is 10.6 Å². The molecule has 3 rings (SSSR count). The van der Waals surface area contributed by atoms with E-state index in [0.717, 1.165) is 28.5 Å². The largest absolute Gasteiger partial charge is 0.383 e. The molecule has 2 heterocycles. The molecule has 1 unspecified atom stereocenters. The summed E-state index contributed by atoms with van der Waals surface area (Å²) in [4.78, 5) is 24.5. The van der Waals surface area contributed by atoms with Crippen molar-refractivity contribution in [1.29, 1.82) is 0 Å². The summed E-state index contributed by atoms with van der Waals surface area (Å²) < 4.78 is 6.59. The molecule has 138 valence electrons. The monoisotopic (exact) mass is 394 g/mol. The third kappa shape index (κ3) is 4.03. The molecule has 2 amide bonds. The maximum absolute atomic E-state index is 12.4. The van der Waals surface area contributed by atoms with Gasteiger partial charge in [0.05, 0.1) is 18.0 Å². The molecule has 1 aromatic carbocycles. The van der Waals surface area contributed by atoms with Gasteiger partial charge in [-0.05, 0) is 25.1 Å². The van der Waals surface area contributed by atoms with Gasteiger partial charge in [-0.1, -0.05) is 17.7 Å². The number of anilines is 1. The van der Waals surface area contributed by atoms with Gasteiger partial charge in [0.2, 0.25) is 0 Å². The minimum atomic E-state index is -0.740. The van der Waals surface area contributed by atoms with Gasteiger partial charge in [-0.25, -0.2) is 4.68 Å². The number of hydrogen-bond acceptors (Lipinski definition) is 5. The van der Waals surface area contributed by atoms with E-state index in [1.165, 1.54) is 7.11 Å². The van der Waals surface area contributed by atoms with Gasteiger partial charge >= 0.3 is 11.8 Å². The molecule has 0 saturated heterocycles. The van der Waals surface area contributed by atoms with Crippen molar-refractivity contribution in [2.24, 2.45) is 0 Å². The Hall–Kier alpha value is -2.03. The molecule has 0 aliphatic carbocycles. The van der Waals surface area contributed by atoms with Crippen LogP contribution >= 0.6 is 23.4 Å². The van der Waals surface area contributed by atoms with E-state index >= 15 is 0 Å². The summed E-state index contributed by atoms with van der Waals surface area (Å²) >= 11 is 7.79. The zero-order valence-electron chi connectivity index (χ0n) is 14.4. The lowest BCUT2D eigenvalue weighted by Gasteiger charge is -2.14. The van der Waals surface area contributed by atoms with Crippen molar-refractivity contribution < 1.29 is 14.3 Å². The highest BCUT2D eigenvalue weighted by Crippen LogP contribution is 2.36. The van der Waals surface area contributed by atoms with Crippen LogP contribution in [0.15, 0.2) is 24.3 Å². The van der Waals surface area contributed by atoms with Crippen LogP contribution in [0, 0.1) is 0 Å². The first-order chi connectivity index (χ1) is 12.5. The second-order valence-corrected chi connectivity index (χ2v) is 7.36. The summed E-state index contributed by atoms with van der Waals surface area (Å²) in [6, 6.07) is 6.91. The van der Waals surface area contributed by atoms with Gasteiger partial charge in [0.15, 0.2) is 0 Å². The Morgan fingerprint density at radius 1 is 1.38 bits per heavy atom. The van der Waals surface area contributed by atoms with Gasteiger partial charge in [0, 0.05) is 35.2 Å². The van der Waals surface area contributed by atoms with Crippen LogP contribution in [0.3, 0.4) is 0 Å². The number of nitrogens with zero attached hydrogens (tertiary/aromatic N) is 2. The van der Waals surface area contributed by atoms with E-state index in [2.05, 4.69) is 15.7 Å². The lowest BCUT2D eigenvalue weighted by molar-refractivity contribution is -0.136. The molecular weight excluding hydrogens is 376 g/mol. The highest BCUT2D eigenvalue weighted by Gasteiger charge is 2.26. The topological polar surface area (TPSA) is 85.2 Å². The van der Waals surface area contributed by atoms with Gasteiger partial charge in [-0.3, -0.25) is 9.59 Å². The number of benzene rings is 1. The molecule has 2 aromatic rings. The van der Waals surface area contributed by atoms with Crippen LogP contribution in [0.25, 0.3) is 5.69 Å². The summed E-state index contributed by atoms with van der Waals surface area (Å²) in [6.07, 6.45) is 0. The predicted molar refractivity (Wildman–Crippen MR) is 102 cm³/mol. The smallest absolute Gasteiger partial charge is 0.314 e. The van der Waals surface area contributed by atoms with E-state index in [4.69, 9.17) is 16.3 Å². The highest BCUT2D eigenvalue weighted by atomic mass is 35.5. The lowest BCUT2D eigenvalue weighted by Crippen LogP contribution is -2.42. The normalized spacial score (nSPS) is 14.0. The van der Waals surface area contributed by atoms with E-state index in [1.54, 1.807) is 35.5 Å². The van der Waals surface area contributed by atoms with E-state index < -0.39 is 11.8 Å². The Bertz CT molecular complexity index is 839. The van der Waals surface area contributed by atoms with E-state index in [0.29, 0.717) is 17.4 Å². The number of aromatic nitrogens is 2. The number of halogens is 1. The Labute approximate surface area is 160 Å². The second-order valence-electron chi connectivity index (χ2n) is 5.94. The van der Waals surface area contributed by atoms with Gasteiger partial charge in [-0.2, -0.15) is 16.9 Å². The lowest BCUT2D eigenvalue weighted by atomic mass is 10.2. The van der Waals surface area contributed by atoms with Gasteiger partial charge in [0.1, 0.15) is 5.82 Å². The summed E-state index contributed by atoms with van der Waals surface area (Å²) in [5.74, 6) is 0.547. The molecule has 9 heteroatoms. The van der Waals surface area contributed by atoms with Crippen molar-refractivity contribution in [1.82, 2.24) is 15.1 Å². The van der Waals surface area contributed by atoms with Crippen LogP contribution in [0.1, 0.15) is 18.2 Å². The predicted octanol–water partition coefficient (Wildman–Crippen LogP) is 2.36. The maximum Gasteiger partial charge on any atom is 0.314 e. The number of nitrogens with one attached hydrogen (secondary N) is 2. The summed E-state index contributed by atoms with van der Waals surface area (Å²) in [5, 5.41) is 10.4. The van der Waals surface area contributed by atoms with Gasteiger partial charge < -0.3 is 15.4 Å². The molecule has 0 saturated carbocycles. The van der Waals surface area contributed by atoms with Gasteiger partial charge in [0.25, 0.3) is 0 Å². The molecular formula is C17H19ClN4O3S. The molecule has 26 heavy (non-hydrogen) atoms. The van der Waals surface area contributed by atoms with Crippen LogP contribution in [0.4, 0.5) is 5.82 Å². The van der Waals surface area contributed by atoms with E-state index in [1.807, 2.05) is 12.1 Å². The number of ether oxygens (including phenoxy) is 1. The minimum absolute atomic E-state index is 0.266. The van der Waals surface area contributed by atoms with Crippen LogP contribution in [0.5, 0.6) is 0 Å². The van der Waals surface area contributed by atoms with Crippen molar-refractivity contribution in [3.8, 4) is 5.69 Å². The maximum atomic E-state index is 12.4. The number of carbonyl (C=O) groups excluding carboxylic acids is 2. The molecule has 0 spiro atoms. The number of fused-ring (bicyclic) bond motifs is 1. The Morgan fingerprint density at radius 2 is 2.19 bits per heavy atom. The van der Waals surface area contributed by atoms with Crippen molar-refractivity contribution in [3.05, 3.63) is 40.5 Å². The number of rotatable bonds is 5. The summed E-state index contributed by atoms with van der Waals surface area (Å²) in [7, 11) is 1.53. The van der Waals surface area contributed by atoms with Crippen molar-refractivity contribution in [2.75, 3.05) is 19.0 Å². The summed E-state index contributed by atoms with van der Waals surface area (Å²) in [5.41, 5.74) is 2.56. The molecule has 0 fully saturated rings. The fourth-order valence-electron chi connectivity index (χ4n) is 2.68. The Morgan fingerprint density at radius 3 is 2.92 bits per heavy atom. The molecule has 2 N–H and O–H groups in total. The third-order valence-electron chi connectivity index (χ3n) is 3.84. The van der Waals surface area contributed by atoms with Crippen LogP contribution in [0.2, 0.25) is 5.02 Å². The highest BCUT2D eigenvalue weighted by molar-refractivity contribution is 7.98. The molecule has 1 aliphatic heterocycles. The van der Waals surface area contributed by atoms with Crippen molar-refractivity contribution in [3.63, 3.8) is 0 Å². The molecule has 0 bridgehead atoms. The molecule has 1 aromatic heterocycles. The quantitative estimate of drug-likeness (QED) is 0.760. The van der Waals surface area contributed by atoms with Crippen molar-refractivity contribution >= 4 is 41.0 Å². The zero-order valence-corrected chi connectivity index (χ0v) is 16.0. The van der Waals surface area contributed by atoms with Crippen LogP contribution in [-0.4, -0.2) is 41.4 Å². The van der Waals surface area contributed by atoms with E-state index in [9.17, 15) is 9.59 Å². The number of carbonyl (C=O) groups is 2. The second kappa shape index (κ2) is 8.11. The fraction of sp³-hybridized carbons (Fsp3) is 0.353. The minimum Gasteiger partial charge on any atom is -0.383 e. The van der Waals surface area contributed by atoms with Gasteiger partial charge in [-0.15, -0.1) is 0 Å². The number of hydrogen-bond donors (Lipinski definition) is 2. The first kappa shape index (κ1) is 18.8.